The van der Waals surface area contributed by atoms with Crippen LogP contribution in [0.4, 0.5) is 4.79 Å². The Kier molecular flexibility index (Phi) is 5.72. The number of hydrogen-bond donors (Lipinski definition) is 1. The van der Waals surface area contributed by atoms with Gasteiger partial charge >= 0.3 is 6.16 Å². The van der Waals surface area contributed by atoms with Gasteiger partial charge in [-0.1, -0.05) is 6.08 Å². The summed E-state index contributed by atoms with van der Waals surface area (Å²) in [5.41, 5.74) is 1.82. The molecule has 3 saturated heterocycles. The molecule has 0 saturated carbocycles. The molecule has 0 spiro atoms. The van der Waals surface area contributed by atoms with Gasteiger partial charge in [-0.3, -0.25) is 4.98 Å². The monoisotopic (exact) mass is 397 g/mol. The molecular weight excluding hydrogens is 368 g/mol. The molecule has 1 unspecified atom stereocenters. The molecule has 3 aliphatic heterocycles. The van der Waals surface area contributed by atoms with Gasteiger partial charge in [-0.15, -0.1) is 6.58 Å². The van der Waals surface area contributed by atoms with Gasteiger partial charge in [0.2, 0.25) is 0 Å². The summed E-state index contributed by atoms with van der Waals surface area (Å²) in [6, 6.07) is 7.95. The third kappa shape index (κ3) is 3.81. The highest BCUT2D eigenvalue weighted by Crippen LogP contribution is 2.36. The maximum absolute atomic E-state index is 12.3. The number of pyridine rings is 1. The van der Waals surface area contributed by atoms with Gasteiger partial charge in [0.15, 0.2) is 6.10 Å². The Morgan fingerprint density at radius 1 is 1.41 bits per heavy atom. The minimum Gasteiger partial charge on any atom is -0.497 e. The van der Waals surface area contributed by atoms with Crippen LogP contribution in [0.3, 0.4) is 0 Å². The van der Waals surface area contributed by atoms with E-state index >= 15 is 0 Å². The number of ether oxygens (including phenoxy) is 3. The summed E-state index contributed by atoms with van der Waals surface area (Å²) in [5.74, 6) is 1.88. The number of nitrogens with zero attached hydrogens (tertiary/aromatic N) is 1. The fourth-order valence-corrected chi connectivity index (χ4v) is 5.03. The normalized spacial score (nSPS) is 26.7. The van der Waals surface area contributed by atoms with Gasteiger partial charge in [-0.25, -0.2) is 4.79 Å². The van der Waals surface area contributed by atoms with E-state index in [-0.39, 0.29) is 6.04 Å². The van der Waals surface area contributed by atoms with Crippen LogP contribution in [0.15, 0.2) is 43.1 Å². The first-order valence-electron chi connectivity index (χ1n) is 10.4. The van der Waals surface area contributed by atoms with Crippen molar-refractivity contribution >= 4 is 17.1 Å². The Morgan fingerprint density at radius 2 is 2.28 bits per heavy atom. The fourth-order valence-electron chi connectivity index (χ4n) is 5.03. The number of hydrogen-bond acceptors (Lipinski definition) is 5. The molecule has 5 rings (SSSR count). The number of piperidine rings is 3. The lowest BCUT2D eigenvalue weighted by Gasteiger charge is -2.48. The predicted molar refractivity (Wildman–Crippen MR) is 110 cm³/mol. The van der Waals surface area contributed by atoms with Crippen molar-refractivity contribution in [1.82, 2.24) is 4.98 Å². The summed E-state index contributed by atoms with van der Waals surface area (Å²) in [6.07, 6.45) is 5.06. The Labute approximate surface area is 171 Å². The summed E-state index contributed by atoms with van der Waals surface area (Å²) in [7, 11) is 1.65. The van der Waals surface area contributed by atoms with Crippen molar-refractivity contribution < 1.29 is 23.9 Å². The molecule has 1 N–H and O–H groups in total. The van der Waals surface area contributed by atoms with Crippen LogP contribution in [-0.4, -0.2) is 44.0 Å². The van der Waals surface area contributed by atoms with Crippen LogP contribution in [-0.2, 0) is 9.47 Å². The summed E-state index contributed by atoms with van der Waals surface area (Å²) >= 11 is 0. The van der Waals surface area contributed by atoms with E-state index < -0.39 is 12.3 Å². The molecule has 154 valence electrons. The van der Waals surface area contributed by atoms with Crippen LogP contribution in [0.1, 0.15) is 31.4 Å². The van der Waals surface area contributed by atoms with Gasteiger partial charge in [-0.2, -0.15) is 0 Å². The first-order chi connectivity index (χ1) is 14.1. The fraction of sp³-hybridized carbons (Fsp3) is 0.478. The van der Waals surface area contributed by atoms with Crippen molar-refractivity contribution in [3.8, 4) is 5.75 Å². The van der Waals surface area contributed by atoms with Gasteiger partial charge in [-0.05, 0) is 37.1 Å². The van der Waals surface area contributed by atoms with E-state index in [4.69, 9.17) is 14.2 Å². The number of methoxy groups -OCH3 is 1. The minimum atomic E-state index is -0.618. The molecule has 0 amide bonds. The van der Waals surface area contributed by atoms with E-state index in [1.54, 1.807) is 20.2 Å². The van der Waals surface area contributed by atoms with Crippen molar-refractivity contribution in [2.45, 2.75) is 31.9 Å². The van der Waals surface area contributed by atoms with Crippen molar-refractivity contribution in [3.05, 3.63) is 48.7 Å². The van der Waals surface area contributed by atoms with E-state index in [9.17, 15) is 4.79 Å². The van der Waals surface area contributed by atoms with E-state index in [1.165, 1.54) is 11.3 Å². The number of rotatable bonds is 6. The topological polar surface area (TPSA) is 62.1 Å². The zero-order valence-corrected chi connectivity index (χ0v) is 17.1. The van der Waals surface area contributed by atoms with Crippen LogP contribution in [0.25, 0.3) is 10.9 Å². The van der Waals surface area contributed by atoms with Gasteiger partial charge < -0.3 is 19.1 Å². The summed E-state index contributed by atoms with van der Waals surface area (Å²) in [5, 5.41) is 0.948. The van der Waals surface area contributed by atoms with E-state index in [0.29, 0.717) is 18.4 Å². The second kappa shape index (κ2) is 8.41. The Bertz CT molecular complexity index is 900. The molecule has 1 aromatic heterocycles. The number of aromatic nitrogens is 1. The molecule has 3 aliphatic rings. The third-order valence-corrected chi connectivity index (χ3v) is 6.46. The summed E-state index contributed by atoms with van der Waals surface area (Å²) in [6.45, 7) is 8.23. The third-order valence-electron chi connectivity index (χ3n) is 6.46. The molecule has 1 aromatic carbocycles. The molecule has 29 heavy (non-hydrogen) atoms. The number of quaternary nitrogens is 1. The number of fused-ring (bicyclic) bond motifs is 4. The van der Waals surface area contributed by atoms with E-state index in [1.807, 2.05) is 24.3 Å². The van der Waals surface area contributed by atoms with Crippen LogP contribution >= 0.6 is 0 Å². The molecule has 2 aromatic rings. The smallest absolute Gasteiger partial charge is 0.497 e. The van der Waals surface area contributed by atoms with Crippen LogP contribution < -0.4 is 9.64 Å². The minimum absolute atomic E-state index is 0.186. The summed E-state index contributed by atoms with van der Waals surface area (Å²) in [4.78, 5) is 18.3. The largest absolute Gasteiger partial charge is 0.509 e. The average Bonchev–Trinajstić information content (AvgIpc) is 2.77. The second-order valence-electron chi connectivity index (χ2n) is 7.91. The highest BCUT2D eigenvalue weighted by Gasteiger charge is 2.47. The van der Waals surface area contributed by atoms with Crippen LogP contribution in [0.2, 0.25) is 0 Å². The van der Waals surface area contributed by atoms with Crippen molar-refractivity contribution in [2.24, 2.45) is 11.8 Å². The van der Waals surface area contributed by atoms with Crippen molar-refractivity contribution in [1.29, 1.82) is 0 Å². The number of carbonyl (C=O) groups excluding carboxylic acids is 1. The van der Waals surface area contributed by atoms with Gasteiger partial charge in [0.1, 0.15) is 11.8 Å². The van der Waals surface area contributed by atoms with Gasteiger partial charge in [0, 0.05) is 35.9 Å². The van der Waals surface area contributed by atoms with Crippen LogP contribution in [0.5, 0.6) is 5.75 Å². The van der Waals surface area contributed by atoms with Crippen molar-refractivity contribution in [3.63, 3.8) is 0 Å². The SMILES string of the molecule is C=C[C@H]1C[NH+]2CC[C@@H]1C[C@H]2[C@H](OC(=O)OCC)c1ccnc2ccc(OC)cc12. The predicted octanol–water partition coefficient (Wildman–Crippen LogP) is 2.94. The highest BCUT2D eigenvalue weighted by atomic mass is 16.7. The second-order valence-corrected chi connectivity index (χ2v) is 7.91. The van der Waals surface area contributed by atoms with E-state index in [0.717, 1.165) is 41.7 Å². The molecule has 2 bridgehead atoms. The number of benzene rings is 1. The molecule has 3 fully saturated rings. The maximum Gasteiger partial charge on any atom is 0.509 e. The molecule has 6 nitrogen and oxygen atoms in total. The molecule has 5 atom stereocenters. The number of nitrogens with one attached hydrogen (secondary N) is 1. The first-order valence-corrected chi connectivity index (χ1v) is 10.4. The number of carbonyl (C=O) groups is 1. The van der Waals surface area contributed by atoms with Crippen LogP contribution in [0, 0.1) is 11.8 Å². The molecule has 6 heteroatoms. The Balaban J connectivity index is 1.75. The van der Waals surface area contributed by atoms with Gasteiger partial charge in [0.25, 0.3) is 0 Å². The summed E-state index contributed by atoms with van der Waals surface area (Å²) < 4.78 is 16.5. The maximum atomic E-state index is 12.3. The lowest BCUT2D eigenvalue weighted by atomic mass is 9.73. The van der Waals surface area contributed by atoms with Gasteiger partial charge in [0.05, 0.1) is 32.3 Å². The molecule has 0 radical (unpaired) electrons. The van der Waals surface area contributed by atoms with Crippen molar-refractivity contribution in [2.75, 3.05) is 26.8 Å². The standard InChI is InChI=1S/C23H28N2O4/c1-4-15-14-25-11-9-16(15)12-21(25)22(29-23(26)28-5-2)18-8-10-24-20-7-6-17(27-3)13-19(18)20/h4,6-8,10,13,15-16,21-22H,1,5,9,11-12,14H2,2-3H3/p+1/t15-,16+,21-,22+/m0/s1. The lowest BCUT2D eigenvalue weighted by molar-refractivity contribution is -0.949. The molecule has 0 aliphatic carbocycles. The highest BCUT2D eigenvalue weighted by molar-refractivity contribution is 5.84. The Morgan fingerprint density at radius 3 is 2.97 bits per heavy atom. The first kappa shape index (κ1) is 19.7. The quantitative estimate of drug-likeness (QED) is 0.600. The molecule has 4 heterocycles. The Hall–Kier alpha value is -2.60. The average molecular weight is 397 g/mol. The molecular formula is C23H29N2O4+. The lowest BCUT2D eigenvalue weighted by Crippen LogP contribution is -3.20. The zero-order chi connectivity index (χ0) is 20.4. The zero-order valence-electron chi connectivity index (χ0n) is 17.1. The van der Waals surface area contributed by atoms with E-state index in [2.05, 4.69) is 17.6 Å².